The number of aliphatic hydroxyl groups is 2. The lowest BCUT2D eigenvalue weighted by Gasteiger charge is -2.20. The quantitative estimate of drug-likeness (QED) is 0.0321. The van der Waals surface area contributed by atoms with Gasteiger partial charge in [0.1, 0.15) is 0 Å². The number of nitrogens with one attached hydrogen (secondary N) is 1. The summed E-state index contributed by atoms with van der Waals surface area (Å²) in [5, 5.41) is 22.9. The van der Waals surface area contributed by atoms with E-state index in [2.05, 4.69) is 55.6 Å². The first-order chi connectivity index (χ1) is 33.0. The number of allylic oxidation sites excluding steroid dienone is 7. The smallest absolute Gasteiger partial charge is 0.305 e. The van der Waals surface area contributed by atoms with Gasteiger partial charge >= 0.3 is 5.97 Å². The average Bonchev–Trinajstić information content (AvgIpc) is 3.33. The molecule has 0 aromatic heterocycles. The van der Waals surface area contributed by atoms with E-state index in [1.165, 1.54) is 218 Å². The summed E-state index contributed by atoms with van der Waals surface area (Å²) in [6.45, 7) is 4.84. The highest BCUT2D eigenvalue weighted by Crippen LogP contribution is 2.16. The van der Waals surface area contributed by atoms with Crippen LogP contribution in [0.5, 0.6) is 0 Å². The number of rotatable bonds is 54. The molecule has 67 heavy (non-hydrogen) atoms. The van der Waals surface area contributed by atoms with Gasteiger partial charge in [0.25, 0.3) is 0 Å². The summed E-state index contributed by atoms with van der Waals surface area (Å²) in [6.07, 6.45) is 71.5. The van der Waals surface area contributed by atoms with Crippen LogP contribution in [0.4, 0.5) is 0 Å². The number of carbonyl (C=O) groups is 2. The fourth-order valence-electron chi connectivity index (χ4n) is 8.78. The molecule has 392 valence electrons. The van der Waals surface area contributed by atoms with Crippen LogP contribution in [0.25, 0.3) is 0 Å². The standard InChI is InChI=1S/C61H113NO5/c1-3-5-7-9-11-13-14-15-16-17-22-26-29-32-35-39-43-47-51-55-61(66)67-56-52-48-44-40-36-33-30-27-24-21-19-18-20-23-25-28-31-34-38-42-46-50-54-60(65)62-58(57-63)59(64)53-49-45-41-37-12-10-8-6-4-2/h11,13,15-16,20,23,49,53,58-59,63-64H,3-10,12,14,17-19,21-22,24-48,50-52,54-57H2,1-2H3,(H,62,65)/b13-11-,16-15-,23-20-,53-49+. The van der Waals surface area contributed by atoms with Gasteiger partial charge in [-0.25, -0.2) is 0 Å². The average molecular weight is 941 g/mol. The number of carbonyl (C=O) groups excluding carboxylic acids is 2. The number of ether oxygens (including phenoxy) is 1. The van der Waals surface area contributed by atoms with E-state index in [0.717, 1.165) is 57.8 Å². The van der Waals surface area contributed by atoms with Gasteiger partial charge in [-0.3, -0.25) is 9.59 Å². The molecular formula is C61H113NO5. The highest BCUT2D eigenvalue weighted by Gasteiger charge is 2.18. The zero-order valence-corrected chi connectivity index (χ0v) is 44.6. The molecule has 3 N–H and O–H groups in total. The molecule has 1 amide bonds. The molecule has 6 nitrogen and oxygen atoms in total. The highest BCUT2D eigenvalue weighted by atomic mass is 16.5. The number of esters is 1. The Bertz CT molecular complexity index is 1130. The third-order valence-corrected chi connectivity index (χ3v) is 13.3. The first-order valence-electron chi connectivity index (χ1n) is 29.4. The highest BCUT2D eigenvalue weighted by molar-refractivity contribution is 5.76. The minimum Gasteiger partial charge on any atom is -0.466 e. The Labute approximate surface area is 416 Å². The third-order valence-electron chi connectivity index (χ3n) is 13.3. The van der Waals surface area contributed by atoms with Crippen LogP contribution in [0.3, 0.4) is 0 Å². The summed E-state index contributed by atoms with van der Waals surface area (Å²) >= 11 is 0. The van der Waals surface area contributed by atoms with Crippen LogP contribution in [0.1, 0.15) is 303 Å². The maximum absolute atomic E-state index is 12.4. The van der Waals surface area contributed by atoms with Crippen molar-refractivity contribution in [1.82, 2.24) is 5.32 Å². The van der Waals surface area contributed by atoms with Gasteiger partial charge in [0.15, 0.2) is 0 Å². The molecule has 0 bridgehead atoms. The Hall–Kier alpha value is -2.18. The van der Waals surface area contributed by atoms with Crippen molar-refractivity contribution in [3.8, 4) is 0 Å². The van der Waals surface area contributed by atoms with Crippen LogP contribution >= 0.6 is 0 Å². The van der Waals surface area contributed by atoms with E-state index in [1.807, 2.05) is 6.08 Å². The van der Waals surface area contributed by atoms with Gasteiger partial charge < -0.3 is 20.3 Å². The summed E-state index contributed by atoms with van der Waals surface area (Å²) in [6, 6.07) is -0.631. The summed E-state index contributed by atoms with van der Waals surface area (Å²) in [4.78, 5) is 24.5. The minimum absolute atomic E-state index is 0.00492. The van der Waals surface area contributed by atoms with Crippen molar-refractivity contribution in [3.05, 3.63) is 48.6 Å². The number of hydrogen-bond donors (Lipinski definition) is 3. The first kappa shape index (κ1) is 64.8. The summed E-state index contributed by atoms with van der Waals surface area (Å²) < 4.78 is 5.49. The van der Waals surface area contributed by atoms with Gasteiger partial charge in [-0.1, -0.05) is 249 Å². The SMILES string of the molecule is CCCCC/C=C\C/C=C\CCCCCCCCCCCC(=O)OCCCCCCCCCCCCC/C=C\CCCCCCCCCC(=O)NC(CO)C(O)/C=C/CCCCCCCCC. The molecule has 0 fully saturated rings. The lowest BCUT2D eigenvalue weighted by atomic mass is 10.0. The predicted molar refractivity (Wildman–Crippen MR) is 292 cm³/mol. The lowest BCUT2D eigenvalue weighted by Crippen LogP contribution is -2.45. The Morgan fingerprint density at radius 3 is 1.18 bits per heavy atom. The fraction of sp³-hybridized carbons (Fsp3) is 0.836. The van der Waals surface area contributed by atoms with Crippen molar-refractivity contribution in [3.63, 3.8) is 0 Å². The molecule has 2 unspecified atom stereocenters. The molecule has 0 aromatic carbocycles. The Morgan fingerprint density at radius 1 is 0.418 bits per heavy atom. The molecule has 0 spiro atoms. The molecule has 0 aliphatic carbocycles. The number of unbranched alkanes of at least 4 members (excludes halogenated alkanes) is 37. The molecule has 0 heterocycles. The van der Waals surface area contributed by atoms with E-state index in [9.17, 15) is 19.8 Å². The van der Waals surface area contributed by atoms with Crippen LogP contribution in [0.15, 0.2) is 48.6 Å². The molecule has 0 radical (unpaired) electrons. The monoisotopic (exact) mass is 940 g/mol. The zero-order chi connectivity index (χ0) is 48.6. The summed E-state index contributed by atoms with van der Waals surface area (Å²) in [5.74, 6) is -0.0734. The van der Waals surface area contributed by atoms with Gasteiger partial charge in [0.2, 0.25) is 5.91 Å². The van der Waals surface area contributed by atoms with E-state index in [4.69, 9.17) is 4.74 Å². The molecular weight excluding hydrogens is 827 g/mol. The second kappa shape index (κ2) is 56.4. The van der Waals surface area contributed by atoms with Crippen LogP contribution in [0.2, 0.25) is 0 Å². The molecule has 0 aliphatic heterocycles. The third kappa shape index (κ3) is 53.0. The van der Waals surface area contributed by atoms with Gasteiger partial charge in [-0.2, -0.15) is 0 Å². The van der Waals surface area contributed by atoms with Crippen LogP contribution in [-0.4, -0.2) is 47.4 Å². The lowest BCUT2D eigenvalue weighted by molar-refractivity contribution is -0.143. The fourth-order valence-corrected chi connectivity index (χ4v) is 8.78. The van der Waals surface area contributed by atoms with Crippen molar-refractivity contribution >= 4 is 11.9 Å². The van der Waals surface area contributed by atoms with E-state index >= 15 is 0 Å². The largest absolute Gasteiger partial charge is 0.466 e. The van der Waals surface area contributed by atoms with E-state index in [1.54, 1.807) is 6.08 Å². The Kier molecular flexibility index (Phi) is 54.6. The summed E-state index contributed by atoms with van der Waals surface area (Å²) in [5.41, 5.74) is 0. The van der Waals surface area contributed by atoms with Crippen molar-refractivity contribution in [2.75, 3.05) is 13.2 Å². The van der Waals surface area contributed by atoms with Crippen molar-refractivity contribution in [2.45, 2.75) is 315 Å². The Balaban J connectivity index is 3.40. The predicted octanol–water partition coefficient (Wildman–Crippen LogP) is 18.2. The van der Waals surface area contributed by atoms with E-state index in [-0.39, 0.29) is 18.5 Å². The van der Waals surface area contributed by atoms with Gasteiger partial charge in [-0.05, 0) is 89.9 Å². The summed E-state index contributed by atoms with van der Waals surface area (Å²) in [7, 11) is 0. The number of aliphatic hydroxyl groups excluding tert-OH is 2. The van der Waals surface area contributed by atoms with Gasteiger partial charge in [0.05, 0.1) is 25.4 Å². The second-order valence-electron chi connectivity index (χ2n) is 20.0. The van der Waals surface area contributed by atoms with Crippen molar-refractivity contribution in [1.29, 1.82) is 0 Å². The maximum atomic E-state index is 12.4. The van der Waals surface area contributed by atoms with Crippen LogP contribution < -0.4 is 5.32 Å². The second-order valence-corrected chi connectivity index (χ2v) is 20.0. The van der Waals surface area contributed by atoms with Crippen molar-refractivity contribution < 1.29 is 24.5 Å². The minimum atomic E-state index is -0.847. The molecule has 2 atom stereocenters. The number of hydrogen-bond acceptors (Lipinski definition) is 5. The van der Waals surface area contributed by atoms with Gasteiger partial charge in [0, 0.05) is 12.8 Å². The topological polar surface area (TPSA) is 95.9 Å². The van der Waals surface area contributed by atoms with Gasteiger partial charge in [-0.15, -0.1) is 0 Å². The van der Waals surface area contributed by atoms with E-state index < -0.39 is 12.1 Å². The number of amides is 1. The molecule has 0 aromatic rings. The van der Waals surface area contributed by atoms with E-state index in [0.29, 0.717) is 19.4 Å². The Morgan fingerprint density at radius 2 is 0.746 bits per heavy atom. The molecule has 0 saturated heterocycles. The molecule has 6 heteroatoms. The zero-order valence-electron chi connectivity index (χ0n) is 44.6. The maximum Gasteiger partial charge on any atom is 0.305 e. The van der Waals surface area contributed by atoms with Crippen LogP contribution in [-0.2, 0) is 14.3 Å². The van der Waals surface area contributed by atoms with Crippen LogP contribution in [0, 0.1) is 0 Å². The first-order valence-corrected chi connectivity index (χ1v) is 29.4. The molecule has 0 rings (SSSR count). The van der Waals surface area contributed by atoms with Crippen molar-refractivity contribution in [2.24, 2.45) is 0 Å². The molecule has 0 aliphatic rings. The molecule has 0 saturated carbocycles. The normalized spacial score (nSPS) is 13.0.